The number of aromatic amines is 1. The van der Waals surface area contributed by atoms with Crippen LogP contribution in [-0.2, 0) is 10.3 Å². The van der Waals surface area contributed by atoms with E-state index in [-0.39, 0.29) is 5.88 Å². The normalized spacial score (nSPS) is 12.0. The topological polar surface area (TPSA) is 58.0 Å². The summed E-state index contributed by atoms with van der Waals surface area (Å²) in [5, 5.41) is 9.72. The maximum Gasteiger partial charge on any atom is 0.332 e. The second kappa shape index (κ2) is 5.34. The van der Waals surface area contributed by atoms with Gasteiger partial charge >= 0.3 is 5.69 Å². The van der Waals surface area contributed by atoms with Gasteiger partial charge in [-0.15, -0.1) is 0 Å². The lowest BCUT2D eigenvalue weighted by molar-refractivity contribution is 0.412. The standard InChI is InChI=1S/C9H13Cl3N2O2/c1-2-3-4-5-6-7(15)14(8(16)13-6)9(10,11)12/h15H,2-5H2,1H3,(H,13,16). The molecule has 0 aliphatic heterocycles. The molecule has 0 radical (unpaired) electrons. The van der Waals surface area contributed by atoms with Crippen LogP contribution in [-0.4, -0.2) is 14.7 Å². The molecule has 2 N–H and O–H groups in total. The molecular formula is C9H13Cl3N2O2. The molecule has 0 saturated carbocycles. The highest BCUT2D eigenvalue weighted by Crippen LogP contribution is 2.35. The molecule has 1 aromatic heterocycles. The van der Waals surface area contributed by atoms with Gasteiger partial charge < -0.3 is 10.1 Å². The molecule has 7 heteroatoms. The van der Waals surface area contributed by atoms with Crippen LogP contribution in [0, 0.1) is 0 Å². The molecule has 0 aliphatic rings. The molecule has 0 saturated heterocycles. The molecule has 1 aromatic rings. The van der Waals surface area contributed by atoms with Gasteiger partial charge in [0.2, 0.25) is 5.88 Å². The predicted octanol–water partition coefficient (Wildman–Crippen LogP) is 2.90. The van der Waals surface area contributed by atoms with Gasteiger partial charge in [-0.2, -0.15) is 0 Å². The van der Waals surface area contributed by atoms with Crippen molar-refractivity contribution in [2.45, 2.75) is 36.5 Å². The van der Waals surface area contributed by atoms with Gasteiger partial charge in [-0.3, -0.25) is 0 Å². The van der Waals surface area contributed by atoms with Gasteiger partial charge in [-0.25, -0.2) is 9.36 Å². The smallest absolute Gasteiger partial charge is 0.332 e. The van der Waals surface area contributed by atoms with E-state index in [1.165, 1.54) is 0 Å². The summed E-state index contributed by atoms with van der Waals surface area (Å²) in [6.07, 6.45) is 3.49. The van der Waals surface area contributed by atoms with Crippen LogP contribution in [0.25, 0.3) is 0 Å². The zero-order valence-corrected chi connectivity index (χ0v) is 11.0. The quantitative estimate of drug-likeness (QED) is 0.661. The van der Waals surface area contributed by atoms with Crippen LogP contribution in [0.4, 0.5) is 0 Å². The Morgan fingerprint density at radius 3 is 2.44 bits per heavy atom. The molecule has 0 spiro atoms. The highest BCUT2D eigenvalue weighted by Gasteiger charge is 2.29. The van der Waals surface area contributed by atoms with Crippen molar-refractivity contribution in [2.75, 3.05) is 0 Å². The van der Waals surface area contributed by atoms with Crippen LogP contribution in [0.3, 0.4) is 0 Å². The Labute approximate surface area is 108 Å². The second-order valence-electron chi connectivity index (χ2n) is 3.49. The SMILES string of the molecule is CCCCCc1[nH]c(=O)n(C(Cl)(Cl)Cl)c1O. The number of nitrogens with zero attached hydrogens (tertiary/aromatic N) is 1. The number of H-pyrrole nitrogens is 1. The molecule has 4 nitrogen and oxygen atoms in total. The van der Waals surface area contributed by atoms with Crippen molar-refractivity contribution in [1.29, 1.82) is 0 Å². The van der Waals surface area contributed by atoms with E-state index < -0.39 is 9.61 Å². The van der Waals surface area contributed by atoms with Gasteiger partial charge in [0.05, 0.1) is 5.69 Å². The summed E-state index contributed by atoms with van der Waals surface area (Å²) in [5.41, 5.74) is -0.214. The van der Waals surface area contributed by atoms with Crippen molar-refractivity contribution in [3.8, 4) is 5.88 Å². The van der Waals surface area contributed by atoms with Gasteiger partial charge in [-0.1, -0.05) is 54.6 Å². The first-order valence-corrected chi connectivity index (χ1v) is 6.11. The molecule has 0 aliphatic carbocycles. The Bertz CT molecular complexity index is 406. The Morgan fingerprint density at radius 1 is 1.38 bits per heavy atom. The van der Waals surface area contributed by atoms with Gasteiger partial charge in [0, 0.05) is 0 Å². The lowest BCUT2D eigenvalue weighted by Gasteiger charge is -2.11. The molecule has 0 fully saturated rings. The van der Waals surface area contributed by atoms with Crippen molar-refractivity contribution in [3.05, 3.63) is 16.2 Å². The fourth-order valence-corrected chi connectivity index (χ4v) is 1.90. The minimum atomic E-state index is -1.97. The van der Waals surface area contributed by atoms with Crippen LogP contribution in [0.1, 0.15) is 31.9 Å². The van der Waals surface area contributed by atoms with E-state index in [1.807, 2.05) is 0 Å². The van der Waals surface area contributed by atoms with Gasteiger partial charge in [-0.05, 0) is 12.8 Å². The maximum absolute atomic E-state index is 11.4. The van der Waals surface area contributed by atoms with Crippen LogP contribution < -0.4 is 5.69 Å². The number of aromatic nitrogens is 2. The highest BCUT2D eigenvalue weighted by molar-refractivity contribution is 6.64. The van der Waals surface area contributed by atoms with Crippen LogP contribution in [0.5, 0.6) is 5.88 Å². The summed E-state index contributed by atoms with van der Waals surface area (Å²) >= 11 is 16.7. The van der Waals surface area contributed by atoms with Gasteiger partial charge in [0.1, 0.15) is 0 Å². The van der Waals surface area contributed by atoms with E-state index in [0.717, 1.165) is 19.3 Å². The molecule has 0 atom stereocenters. The largest absolute Gasteiger partial charge is 0.493 e. The monoisotopic (exact) mass is 286 g/mol. The molecule has 16 heavy (non-hydrogen) atoms. The van der Waals surface area contributed by atoms with Crippen molar-refractivity contribution in [3.63, 3.8) is 0 Å². The van der Waals surface area contributed by atoms with Crippen LogP contribution >= 0.6 is 34.8 Å². The second-order valence-corrected chi connectivity index (χ2v) is 5.71. The first-order valence-electron chi connectivity index (χ1n) is 4.98. The van der Waals surface area contributed by atoms with E-state index in [0.29, 0.717) is 16.7 Å². The molecule has 92 valence electrons. The zero-order valence-electron chi connectivity index (χ0n) is 8.76. The first-order chi connectivity index (χ1) is 7.38. The van der Waals surface area contributed by atoms with E-state index in [9.17, 15) is 9.90 Å². The van der Waals surface area contributed by atoms with Crippen molar-refractivity contribution in [2.24, 2.45) is 0 Å². The van der Waals surface area contributed by atoms with E-state index in [4.69, 9.17) is 34.8 Å². The molecule has 1 heterocycles. The third-order valence-electron chi connectivity index (χ3n) is 2.23. The van der Waals surface area contributed by atoms with Crippen molar-refractivity contribution in [1.82, 2.24) is 9.55 Å². The number of alkyl halides is 3. The molecule has 0 amide bonds. The minimum Gasteiger partial charge on any atom is -0.493 e. The highest BCUT2D eigenvalue weighted by atomic mass is 35.6. The lowest BCUT2D eigenvalue weighted by Crippen LogP contribution is -2.25. The molecular weight excluding hydrogens is 274 g/mol. The number of unbranched alkanes of at least 4 members (excludes halogenated alkanes) is 2. The van der Waals surface area contributed by atoms with E-state index in [2.05, 4.69) is 11.9 Å². The number of aromatic hydroxyl groups is 1. The Kier molecular flexibility index (Phi) is 4.59. The lowest BCUT2D eigenvalue weighted by atomic mass is 10.2. The number of rotatable bonds is 4. The minimum absolute atomic E-state index is 0.305. The molecule has 1 rings (SSSR count). The number of halogens is 3. The zero-order chi connectivity index (χ0) is 12.3. The fourth-order valence-electron chi connectivity index (χ4n) is 1.43. The van der Waals surface area contributed by atoms with Crippen LogP contribution in [0.15, 0.2) is 4.79 Å². The fraction of sp³-hybridized carbons (Fsp3) is 0.667. The molecule has 0 unspecified atom stereocenters. The van der Waals surface area contributed by atoms with Crippen molar-refractivity contribution < 1.29 is 5.11 Å². The average Bonchev–Trinajstić information content (AvgIpc) is 2.41. The van der Waals surface area contributed by atoms with E-state index in [1.54, 1.807) is 0 Å². The molecule has 0 bridgehead atoms. The summed E-state index contributed by atoms with van der Waals surface area (Å²) in [5.74, 6) is -0.305. The molecule has 0 aromatic carbocycles. The van der Waals surface area contributed by atoms with E-state index >= 15 is 0 Å². The first kappa shape index (κ1) is 13.7. The Balaban J connectivity index is 2.94. The maximum atomic E-state index is 11.4. The number of aryl methyl sites for hydroxylation is 1. The Morgan fingerprint density at radius 2 is 2.00 bits per heavy atom. The average molecular weight is 288 g/mol. The third-order valence-corrected chi connectivity index (χ3v) is 2.73. The summed E-state index contributed by atoms with van der Waals surface area (Å²) in [6, 6.07) is 0. The number of hydrogen-bond donors (Lipinski definition) is 2. The van der Waals surface area contributed by atoms with Gasteiger partial charge in [0.15, 0.2) is 0 Å². The number of imidazole rings is 1. The van der Waals surface area contributed by atoms with Gasteiger partial charge in [0.25, 0.3) is 3.92 Å². The Hall–Kier alpha value is -0.320. The summed E-state index contributed by atoms with van der Waals surface area (Å²) in [7, 11) is 0. The third kappa shape index (κ3) is 3.09. The predicted molar refractivity (Wildman–Crippen MR) is 65.5 cm³/mol. The van der Waals surface area contributed by atoms with Crippen molar-refractivity contribution >= 4 is 34.8 Å². The summed E-state index contributed by atoms with van der Waals surface area (Å²) in [4.78, 5) is 13.9. The number of hydrogen-bond acceptors (Lipinski definition) is 2. The van der Waals surface area contributed by atoms with Crippen LogP contribution in [0.2, 0.25) is 0 Å². The number of nitrogens with one attached hydrogen (secondary N) is 1. The summed E-state index contributed by atoms with van der Waals surface area (Å²) < 4.78 is -1.26. The summed E-state index contributed by atoms with van der Waals surface area (Å²) in [6.45, 7) is 2.06.